The normalized spacial score (nSPS) is 33.3. The average Bonchev–Trinajstić information content (AvgIpc) is 0.735. The van der Waals surface area contributed by atoms with E-state index in [1.165, 1.54) is 80.9 Å². The van der Waals surface area contributed by atoms with Gasteiger partial charge in [-0.1, -0.05) is 285 Å². The minimum atomic E-state index is -1.04. The first-order valence-electron chi connectivity index (χ1n) is 40.2. The molecule has 1 aromatic carbocycles. The van der Waals surface area contributed by atoms with Crippen LogP contribution in [0.3, 0.4) is 0 Å². The highest BCUT2D eigenvalue weighted by atomic mass is 14.6. The third kappa shape index (κ3) is 24.1. The van der Waals surface area contributed by atoms with E-state index in [0.717, 1.165) is 89.8 Å². The van der Waals surface area contributed by atoms with Crippen LogP contribution in [0.4, 0.5) is 0 Å². The van der Waals surface area contributed by atoms with E-state index >= 15 is 0 Å². The first-order valence-corrected chi connectivity index (χ1v) is 38.7. The lowest BCUT2D eigenvalue weighted by Crippen LogP contribution is -2.51. The lowest BCUT2D eigenvalue weighted by atomic mass is 9.43. The van der Waals surface area contributed by atoms with Gasteiger partial charge in [-0.25, -0.2) is 0 Å². The molecular weight excluding hydrogens is 1060 g/mol. The predicted octanol–water partition coefficient (Wildman–Crippen LogP) is 29.0. The van der Waals surface area contributed by atoms with Gasteiger partial charge in [-0.3, -0.25) is 0 Å². The second-order valence-corrected chi connectivity index (χ2v) is 42.3. The highest BCUT2D eigenvalue weighted by molar-refractivity contribution is 5.46. The van der Waals surface area contributed by atoms with Crippen molar-refractivity contribution in [2.45, 2.75) is 398 Å². The van der Waals surface area contributed by atoms with E-state index in [1.807, 2.05) is 20.8 Å². The lowest BCUT2D eigenvalue weighted by molar-refractivity contribution is -0.113. The summed E-state index contributed by atoms with van der Waals surface area (Å²) in [5, 5.41) is 0. The van der Waals surface area contributed by atoms with Crippen LogP contribution in [-0.4, -0.2) is 0 Å². The molecule has 12 aliphatic rings. The fraction of sp³-hybridized carbons (Fsp3) is 0.932. The van der Waals surface area contributed by atoms with E-state index in [-0.39, 0.29) is 38.9 Å². The number of benzene rings is 1. The fourth-order valence-electron chi connectivity index (χ4n) is 21.0. The molecule has 2 unspecified atom stereocenters. The van der Waals surface area contributed by atoms with Crippen molar-refractivity contribution < 1.29 is 4.11 Å². The maximum absolute atomic E-state index is 9.00. The molecular formula is C88H164. The molecule has 12 saturated carbocycles. The summed E-state index contributed by atoms with van der Waals surface area (Å²) in [6, 6.07) is 6.82. The Morgan fingerprint density at radius 3 is 0.989 bits per heavy atom. The molecule has 516 valence electrons. The van der Waals surface area contributed by atoms with E-state index in [2.05, 4.69) is 219 Å². The van der Waals surface area contributed by atoms with Gasteiger partial charge in [0, 0.05) is 4.11 Å². The van der Waals surface area contributed by atoms with Crippen molar-refractivity contribution in [3.8, 4) is 0 Å². The van der Waals surface area contributed by atoms with Crippen molar-refractivity contribution in [2.75, 3.05) is 0 Å². The topological polar surface area (TPSA) is 0 Å². The molecule has 12 fully saturated rings. The zero-order valence-electron chi connectivity index (χ0n) is 69.3. The zero-order chi connectivity index (χ0) is 69.9. The van der Waals surface area contributed by atoms with E-state index in [0.29, 0.717) is 33.5 Å². The fourth-order valence-corrected chi connectivity index (χ4v) is 21.0. The number of rotatable bonds is 8. The molecule has 1 aromatic rings. The third-order valence-corrected chi connectivity index (χ3v) is 24.2. The van der Waals surface area contributed by atoms with Crippen LogP contribution in [0.5, 0.6) is 0 Å². The van der Waals surface area contributed by atoms with Crippen molar-refractivity contribution in [3.05, 3.63) is 34.9 Å². The zero-order valence-corrected chi connectivity index (χ0v) is 66.3. The molecule has 0 spiro atoms. The summed E-state index contributed by atoms with van der Waals surface area (Å²) in [6.07, 6.45) is 33.0. The number of hydrogen-bond donors (Lipinski definition) is 0. The third-order valence-electron chi connectivity index (χ3n) is 24.2. The predicted molar refractivity (Wildman–Crippen MR) is 398 cm³/mol. The molecule has 0 saturated heterocycles. The molecule has 13 rings (SSSR count). The van der Waals surface area contributed by atoms with Crippen LogP contribution in [0, 0.1) is 127 Å². The van der Waals surface area contributed by atoms with Gasteiger partial charge in [0.1, 0.15) is 0 Å². The van der Waals surface area contributed by atoms with Crippen LogP contribution in [0.2, 0.25) is 0 Å². The molecule has 12 bridgehead atoms. The van der Waals surface area contributed by atoms with Gasteiger partial charge in [0.2, 0.25) is 0 Å². The Morgan fingerprint density at radius 1 is 0.409 bits per heavy atom. The quantitative estimate of drug-likeness (QED) is 0.243. The van der Waals surface area contributed by atoms with Crippen molar-refractivity contribution in [1.82, 2.24) is 0 Å². The van der Waals surface area contributed by atoms with Crippen LogP contribution >= 0.6 is 0 Å². The molecule has 88 heavy (non-hydrogen) atoms. The molecule has 12 aliphatic carbocycles. The smallest absolute Gasteiger partial charge is 0.0314 e. The van der Waals surface area contributed by atoms with Crippen LogP contribution in [0.15, 0.2) is 18.2 Å². The van der Waals surface area contributed by atoms with Crippen molar-refractivity contribution in [3.63, 3.8) is 0 Å². The summed E-state index contributed by atoms with van der Waals surface area (Å²) in [5.41, 5.74) is 7.96. The highest BCUT2D eigenvalue weighted by Crippen LogP contribution is 2.66. The lowest BCUT2D eigenvalue weighted by Gasteiger charge is -2.62. The van der Waals surface area contributed by atoms with Crippen molar-refractivity contribution in [2.24, 2.45) is 127 Å². The monoisotopic (exact) mass is 1220 g/mol. The van der Waals surface area contributed by atoms with Crippen LogP contribution in [0.1, 0.15) is 403 Å². The molecule has 0 N–H and O–H groups in total. The Kier molecular flexibility index (Phi) is 26.6. The molecule has 0 aromatic heterocycles. The van der Waals surface area contributed by atoms with Gasteiger partial charge in [0.15, 0.2) is 0 Å². The van der Waals surface area contributed by atoms with Gasteiger partial charge in [-0.15, -0.1) is 0 Å². The van der Waals surface area contributed by atoms with Crippen molar-refractivity contribution >= 4 is 0 Å². The van der Waals surface area contributed by atoms with Gasteiger partial charge in [0.05, 0.1) is 0 Å². The van der Waals surface area contributed by atoms with E-state index in [9.17, 15) is 0 Å². The first kappa shape index (κ1) is 74.6. The van der Waals surface area contributed by atoms with E-state index in [1.54, 1.807) is 70.6 Å². The standard InChI is InChI=1S/C18H30.3C14H24.2C11H24.C6H14/c1-16(2,3)13-11-10-12-14(17(4,5)6)15(13)18(7,8)9;1-13(2,3)14-7-10-4-11(8-14)6-12(5-10)9-14;2*1-14(2,3)13-11-5-9-4-10(7-11)8-12(13)6-9;2*1-6-8-10(7-2)9-11(3,4)5;1-5-6(2,3)4/h10-12H,1-9H3;10-12H,4-9H2,1-3H3;2*9-13H,4-8H2,1-3H3;2*10H,6-9H2,1-5H3;5H2,1-4H3/i;;13D;;9D2;;. The molecule has 0 nitrogen and oxygen atoms in total. The van der Waals surface area contributed by atoms with Gasteiger partial charge in [-0.05, 0) is 275 Å². The molecule has 0 heteroatoms. The molecule has 0 heterocycles. The van der Waals surface area contributed by atoms with Gasteiger partial charge < -0.3 is 0 Å². The maximum Gasteiger partial charge on any atom is 0.0314 e. The van der Waals surface area contributed by atoms with Crippen LogP contribution < -0.4 is 0 Å². The van der Waals surface area contributed by atoms with Crippen LogP contribution in [0.25, 0.3) is 0 Å². The molecule has 0 amide bonds. The first-order chi connectivity index (χ1) is 41.1. The summed E-state index contributed by atoms with van der Waals surface area (Å²) < 4.78 is 25.2. The molecule has 2 atom stereocenters. The SMILES string of the molecule is CC(C)(C)C12CC3CC(CC(C3)C1)C2.CC(C)(C)C1C2CC3CC(C2)CC1C3.CC(C)(C)c1cccc(C(C)(C)C)c1C(C)(C)C.CCC(C)(C)C.CCCC(CC)CC(C)(C)C.[2H]C([2H])(C(CC)CCC)C(C)(C)C.[2H]C1(C(C)(C)C)C2CC3CC(C2)CC1C3. The van der Waals surface area contributed by atoms with E-state index < -0.39 is 6.37 Å². The minimum absolute atomic E-state index is 0.111. The summed E-state index contributed by atoms with van der Waals surface area (Å²) >= 11 is 0. The second kappa shape index (κ2) is 31.4. The maximum atomic E-state index is 9.00. The Bertz CT molecular complexity index is 2170. The second-order valence-electron chi connectivity index (χ2n) is 42.3. The summed E-state index contributed by atoms with van der Waals surface area (Å²) in [4.78, 5) is 0. The van der Waals surface area contributed by atoms with Crippen LogP contribution in [-0.2, 0) is 16.2 Å². The summed E-state index contributed by atoms with van der Waals surface area (Å²) in [7, 11) is 0. The Hall–Kier alpha value is -0.780. The summed E-state index contributed by atoms with van der Waals surface area (Å²) in [5.74, 6) is 13.3. The van der Waals surface area contributed by atoms with E-state index in [4.69, 9.17) is 4.11 Å². The Morgan fingerprint density at radius 2 is 0.739 bits per heavy atom. The summed E-state index contributed by atoms with van der Waals surface area (Å²) in [6.45, 7) is 73.3. The minimum Gasteiger partial charge on any atom is -0.0654 e. The van der Waals surface area contributed by atoms with Crippen molar-refractivity contribution in [1.29, 1.82) is 0 Å². The average molecular weight is 1230 g/mol. The molecule has 0 radical (unpaired) electrons. The van der Waals surface area contributed by atoms with Gasteiger partial charge in [-0.2, -0.15) is 0 Å². The Labute approximate surface area is 561 Å². The molecule has 0 aliphatic heterocycles. The highest BCUT2D eigenvalue weighted by Gasteiger charge is 2.56. The van der Waals surface area contributed by atoms with Gasteiger partial charge >= 0.3 is 0 Å². The Balaban J connectivity index is 0.000000230. The number of hydrogen-bond acceptors (Lipinski definition) is 0. The van der Waals surface area contributed by atoms with Gasteiger partial charge in [0.25, 0.3) is 0 Å². The largest absolute Gasteiger partial charge is 0.0654 e.